The maximum absolute atomic E-state index is 12.1. The summed E-state index contributed by atoms with van der Waals surface area (Å²) in [6.07, 6.45) is 1.58. The molecule has 0 unspecified atom stereocenters. The van der Waals surface area contributed by atoms with Gasteiger partial charge in [0.05, 0.1) is 22.4 Å². The van der Waals surface area contributed by atoms with E-state index in [1.54, 1.807) is 66.9 Å². The molecule has 0 aromatic heterocycles. The van der Waals surface area contributed by atoms with Gasteiger partial charge in [0.2, 0.25) is 0 Å². The maximum atomic E-state index is 12.1. The van der Waals surface area contributed by atoms with Crippen LogP contribution in [0.3, 0.4) is 0 Å². The molecule has 8 heteroatoms. The number of nitrogens with zero attached hydrogens (tertiary/aromatic N) is 2. The Balaban J connectivity index is 1.56. The average Bonchev–Trinajstić information content (AvgIpc) is 2.70. The Morgan fingerprint density at radius 3 is 2.25 bits per heavy atom. The lowest BCUT2D eigenvalue weighted by Gasteiger charge is -2.05. The Morgan fingerprint density at radius 2 is 1.64 bits per heavy atom. The minimum absolute atomic E-state index is 0.0123. The predicted molar refractivity (Wildman–Crippen MR) is 107 cm³/mol. The lowest BCUT2D eigenvalue weighted by Crippen LogP contribution is -2.08. The molecule has 28 heavy (non-hydrogen) atoms. The lowest BCUT2D eigenvalue weighted by molar-refractivity contribution is -0.384. The van der Waals surface area contributed by atoms with E-state index in [0.717, 1.165) is 5.56 Å². The van der Waals surface area contributed by atoms with Crippen LogP contribution in [0.4, 0.5) is 11.4 Å². The van der Waals surface area contributed by atoms with Crippen LogP contribution >= 0.6 is 11.6 Å². The number of halogens is 1. The fourth-order valence-electron chi connectivity index (χ4n) is 2.21. The molecule has 140 valence electrons. The zero-order valence-corrected chi connectivity index (χ0v) is 15.2. The average molecular weight is 396 g/mol. The molecule has 0 heterocycles. The van der Waals surface area contributed by atoms with Crippen molar-refractivity contribution in [2.45, 2.75) is 0 Å². The van der Waals surface area contributed by atoms with Crippen molar-refractivity contribution in [3.8, 4) is 5.75 Å². The van der Waals surface area contributed by atoms with Crippen LogP contribution in [0.25, 0.3) is 0 Å². The number of non-ortho nitro benzene ring substituents is 1. The van der Waals surface area contributed by atoms with E-state index in [-0.39, 0.29) is 5.69 Å². The van der Waals surface area contributed by atoms with E-state index in [4.69, 9.17) is 16.3 Å². The van der Waals surface area contributed by atoms with E-state index >= 15 is 0 Å². The topological polar surface area (TPSA) is 93.8 Å². The summed E-state index contributed by atoms with van der Waals surface area (Å²) in [5.74, 6) is -0.0710. The smallest absolute Gasteiger partial charge is 0.343 e. The molecule has 0 amide bonds. The molecular formula is C20H14ClN3O4. The summed E-state index contributed by atoms with van der Waals surface area (Å²) in [6.45, 7) is 0. The highest BCUT2D eigenvalue weighted by Gasteiger charge is 2.08. The highest BCUT2D eigenvalue weighted by atomic mass is 35.5. The number of anilines is 1. The van der Waals surface area contributed by atoms with Gasteiger partial charge in [-0.25, -0.2) is 4.79 Å². The summed E-state index contributed by atoms with van der Waals surface area (Å²) in [7, 11) is 0. The molecular weight excluding hydrogens is 382 g/mol. The maximum Gasteiger partial charge on any atom is 0.343 e. The Bertz CT molecular complexity index is 1000. The molecule has 3 rings (SSSR count). The zero-order chi connectivity index (χ0) is 19.9. The Morgan fingerprint density at radius 1 is 1.00 bits per heavy atom. The van der Waals surface area contributed by atoms with E-state index in [0.29, 0.717) is 22.0 Å². The molecule has 0 aliphatic rings. The van der Waals surface area contributed by atoms with Crippen LogP contribution in [0.5, 0.6) is 5.75 Å². The highest BCUT2D eigenvalue weighted by Crippen LogP contribution is 2.17. The second-order valence-electron chi connectivity index (χ2n) is 5.64. The van der Waals surface area contributed by atoms with Gasteiger partial charge in [-0.1, -0.05) is 11.6 Å². The number of hydrazone groups is 1. The van der Waals surface area contributed by atoms with Gasteiger partial charge in [0.1, 0.15) is 5.75 Å². The third kappa shape index (κ3) is 5.15. The molecule has 0 saturated heterocycles. The van der Waals surface area contributed by atoms with Crippen molar-refractivity contribution in [2.24, 2.45) is 5.10 Å². The molecule has 0 aliphatic carbocycles. The number of ether oxygens (including phenoxy) is 1. The van der Waals surface area contributed by atoms with Gasteiger partial charge in [0.15, 0.2) is 0 Å². The van der Waals surface area contributed by atoms with Gasteiger partial charge >= 0.3 is 5.97 Å². The van der Waals surface area contributed by atoms with Gasteiger partial charge in [-0.2, -0.15) is 5.10 Å². The van der Waals surface area contributed by atoms with E-state index in [1.807, 2.05) is 0 Å². The van der Waals surface area contributed by atoms with Crippen LogP contribution in [0.2, 0.25) is 5.02 Å². The first kappa shape index (κ1) is 19.1. The Kier molecular flexibility index (Phi) is 5.98. The van der Waals surface area contributed by atoms with Gasteiger partial charge < -0.3 is 4.74 Å². The molecule has 0 fully saturated rings. The van der Waals surface area contributed by atoms with Crippen molar-refractivity contribution in [3.63, 3.8) is 0 Å². The van der Waals surface area contributed by atoms with Crippen molar-refractivity contribution >= 4 is 35.2 Å². The van der Waals surface area contributed by atoms with Crippen molar-refractivity contribution in [2.75, 3.05) is 5.43 Å². The lowest BCUT2D eigenvalue weighted by atomic mass is 10.2. The first-order chi connectivity index (χ1) is 13.5. The summed E-state index contributed by atoms with van der Waals surface area (Å²) >= 11 is 5.80. The normalized spacial score (nSPS) is 10.6. The fourth-order valence-corrected chi connectivity index (χ4v) is 2.34. The number of hydrogen-bond acceptors (Lipinski definition) is 6. The number of nitrogens with one attached hydrogen (secondary N) is 1. The first-order valence-electron chi connectivity index (χ1n) is 8.12. The van der Waals surface area contributed by atoms with Crippen molar-refractivity contribution < 1.29 is 14.5 Å². The second kappa shape index (κ2) is 8.79. The number of carbonyl (C=O) groups is 1. The van der Waals surface area contributed by atoms with Gasteiger partial charge in [0.25, 0.3) is 5.69 Å². The molecule has 3 aromatic carbocycles. The van der Waals surface area contributed by atoms with E-state index < -0.39 is 10.9 Å². The fraction of sp³-hybridized carbons (Fsp3) is 0. The van der Waals surface area contributed by atoms with E-state index in [2.05, 4.69) is 10.5 Å². The van der Waals surface area contributed by atoms with Gasteiger partial charge in [0, 0.05) is 17.2 Å². The quantitative estimate of drug-likeness (QED) is 0.210. The standard InChI is InChI=1S/C20H14ClN3O4/c21-16-5-3-15(4-6-16)20(25)28-19-11-1-14(2-12-19)13-22-23-17-7-9-18(10-8-17)24(26)27/h1-13,23H/b22-13-. The van der Waals surface area contributed by atoms with Gasteiger partial charge in [-0.3, -0.25) is 15.5 Å². The van der Waals surface area contributed by atoms with Crippen molar-refractivity contribution in [1.29, 1.82) is 0 Å². The third-order valence-corrected chi connectivity index (χ3v) is 3.91. The van der Waals surface area contributed by atoms with E-state index in [9.17, 15) is 14.9 Å². The minimum atomic E-state index is -0.474. The minimum Gasteiger partial charge on any atom is -0.423 e. The van der Waals surface area contributed by atoms with Crippen molar-refractivity contribution in [1.82, 2.24) is 0 Å². The number of esters is 1. The van der Waals surface area contributed by atoms with Crippen LogP contribution in [0.1, 0.15) is 15.9 Å². The summed E-state index contributed by atoms with van der Waals surface area (Å²) in [6, 6.07) is 19.1. The predicted octanol–water partition coefficient (Wildman–Crippen LogP) is 4.91. The van der Waals surface area contributed by atoms with Crippen LogP contribution in [-0.2, 0) is 0 Å². The van der Waals surface area contributed by atoms with E-state index in [1.165, 1.54) is 12.1 Å². The molecule has 3 aromatic rings. The molecule has 0 bridgehead atoms. The molecule has 0 saturated carbocycles. The largest absolute Gasteiger partial charge is 0.423 e. The molecule has 0 atom stereocenters. The molecule has 7 nitrogen and oxygen atoms in total. The third-order valence-electron chi connectivity index (χ3n) is 3.66. The number of nitro benzene ring substituents is 1. The number of rotatable bonds is 6. The van der Waals surface area contributed by atoms with Crippen LogP contribution < -0.4 is 10.2 Å². The summed E-state index contributed by atoms with van der Waals surface area (Å²) in [5, 5.41) is 15.2. The molecule has 1 N–H and O–H groups in total. The SMILES string of the molecule is O=C(Oc1ccc(/C=N\Nc2ccc([N+](=O)[O-])cc2)cc1)c1ccc(Cl)cc1. The highest BCUT2D eigenvalue weighted by molar-refractivity contribution is 6.30. The Hall–Kier alpha value is -3.71. The van der Waals surface area contributed by atoms with Gasteiger partial charge in [-0.15, -0.1) is 0 Å². The Labute approximate surface area is 165 Å². The van der Waals surface area contributed by atoms with Crippen LogP contribution in [0, 0.1) is 10.1 Å². The van der Waals surface area contributed by atoms with Crippen LogP contribution in [0.15, 0.2) is 77.9 Å². The number of nitro groups is 1. The van der Waals surface area contributed by atoms with Gasteiger partial charge in [-0.05, 0) is 66.2 Å². The number of benzene rings is 3. The summed E-state index contributed by atoms with van der Waals surface area (Å²) < 4.78 is 5.30. The summed E-state index contributed by atoms with van der Waals surface area (Å²) in [4.78, 5) is 22.2. The summed E-state index contributed by atoms with van der Waals surface area (Å²) in [5.41, 5.74) is 4.60. The molecule has 0 radical (unpaired) electrons. The number of carbonyl (C=O) groups excluding carboxylic acids is 1. The van der Waals surface area contributed by atoms with Crippen molar-refractivity contribution in [3.05, 3.63) is 99.1 Å². The first-order valence-corrected chi connectivity index (χ1v) is 8.50. The van der Waals surface area contributed by atoms with Crippen LogP contribution in [-0.4, -0.2) is 17.1 Å². The second-order valence-corrected chi connectivity index (χ2v) is 6.08. The molecule has 0 spiro atoms. The monoisotopic (exact) mass is 395 g/mol. The molecule has 0 aliphatic heterocycles. The number of hydrogen-bond donors (Lipinski definition) is 1. The zero-order valence-electron chi connectivity index (χ0n) is 14.4.